The van der Waals surface area contributed by atoms with Crippen molar-refractivity contribution in [2.45, 2.75) is 45.4 Å². The van der Waals surface area contributed by atoms with Gasteiger partial charge in [0.05, 0.1) is 18.2 Å². The second kappa shape index (κ2) is 5.29. The second-order valence-electron chi connectivity index (χ2n) is 5.64. The van der Waals surface area contributed by atoms with E-state index in [0.717, 1.165) is 17.0 Å². The lowest BCUT2D eigenvalue weighted by atomic mass is 10.1. The zero-order chi connectivity index (χ0) is 14.1. The molecule has 1 heterocycles. The zero-order valence-electron chi connectivity index (χ0n) is 12.0. The SMILES string of the molecule is Cc1ccc([C@H](C)N)c(OCc2cncn2C2CC2)c1. The Morgan fingerprint density at radius 3 is 2.95 bits per heavy atom. The van der Waals surface area contributed by atoms with Crippen LogP contribution >= 0.6 is 0 Å². The molecule has 2 aromatic rings. The van der Waals surface area contributed by atoms with Crippen LogP contribution in [0.1, 0.15) is 48.7 Å². The summed E-state index contributed by atoms with van der Waals surface area (Å²) in [5.41, 5.74) is 9.36. The molecule has 2 N–H and O–H groups in total. The predicted octanol–water partition coefficient (Wildman–Crippen LogP) is 3.13. The van der Waals surface area contributed by atoms with Gasteiger partial charge in [-0.2, -0.15) is 0 Å². The van der Waals surface area contributed by atoms with Crippen molar-refractivity contribution in [1.82, 2.24) is 9.55 Å². The van der Waals surface area contributed by atoms with Crippen molar-refractivity contribution in [2.24, 2.45) is 5.73 Å². The Morgan fingerprint density at radius 2 is 2.25 bits per heavy atom. The standard InChI is InChI=1S/C16H21N3O/c1-11-3-6-15(12(2)17)16(7-11)20-9-14-8-18-10-19(14)13-4-5-13/h3,6-8,10,12-13H,4-5,9,17H2,1-2H3/t12-/m0/s1. The Kier molecular flexibility index (Phi) is 3.49. The number of benzene rings is 1. The highest BCUT2D eigenvalue weighted by atomic mass is 16.5. The van der Waals surface area contributed by atoms with Crippen LogP contribution in [0.2, 0.25) is 0 Å². The van der Waals surface area contributed by atoms with Gasteiger partial charge in [0, 0.05) is 17.6 Å². The van der Waals surface area contributed by atoms with E-state index in [1.165, 1.54) is 18.4 Å². The lowest BCUT2D eigenvalue weighted by molar-refractivity contribution is 0.290. The molecule has 0 spiro atoms. The fraction of sp³-hybridized carbons (Fsp3) is 0.438. The molecule has 1 aromatic carbocycles. The number of hydrogen-bond donors (Lipinski definition) is 1. The smallest absolute Gasteiger partial charge is 0.130 e. The van der Waals surface area contributed by atoms with Gasteiger partial charge in [-0.05, 0) is 38.3 Å². The number of ether oxygens (including phenoxy) is 1. The first-order valence-corrected chi connectivity index (χ1v) is 7.15. The number of rotatable bonds is 5. The van der Waals surface area contributed by atoms with Crippen LogP contribution in [0.5, 0.6) is 5.75 Å². The first kappa shape index (κ1) is 13.2. The summed E-state index contributed by atoms with van der Waals surface area (Å²) in [6.45, 7) is 4.58. The van der Waals surface area contributed by atoms with Crippen molar-refractivity contribution in [3.05, 3.63) is 47.5 Å². The summed E-state index contributed by atoms with van der Waals surface area (Å²) in [7, 11) is 0. The predicted molar refractivity (Wildman–Crippen MR) is 78.6 cm³/mol. The van der Waals surface area contributed by atoms with Crippen LogP contribution in [-0.2, 0) is 6.61 Å². The van der Waals surface area contributed by atoms with E-state index in [2.05, 4.69) is 28.6 Å². The van der Waals surface area contributed by atoms with Crippen LogP contribution in [-0.4, -0.2) is 9.55 Å². The number of imidazole rings is 1. The van der Waals surface area contributed by atoms with Gasteiger partial charge in [0.2, 0.25) is 0 Å². The Labute approximate surface area is 119 Å². The van der Waals surface area contributed by atoms with E-state index in [9.17, 15) is 0 Å². The normalized spacial score (nSPS) is 16.1. The van der Waals surface area contributed by atoms with Crippen molar-refractivity contribution >= 4 is 0 Å². The Morgan fingerprint density at radius 1 is 1.45 bits per heavy atom. The van der Waals surface area contributed by atoms with Crippen molar-refractivity contribution < 1.29 is 4.74 Å². The van der Waals surface area contributed by atoms with Crippen LogP contribution in [0.3, 0.4) is 0 Å². The van der Waals surface area contributed by atoms with Crippen LogP contribution in [0, 0.1) is 6.92 Å². The van der Waals surface area contributed by atoms with E-state index in [0.29, 0.717) is 12.6 Å². The van der Waals surface area contributed by atoms with E-state index in [4.69, 9.17) is 10.5 Å². The quantitative estimate of drug-likeness (QED) is 0.909. The number of aryl methyl sites for hydroxylation is 1. The van der Waals surface area contributed by atoms with E-state index in [1.807, 2.05) is 25.5 Å². The topological polar surface area (TPSA) is 53.1 Å². The van der Waals surface area contributed by atoms with Gasteiger partial charge >= 0.3 is 0 Å². The molecule has 1 aliphatic carbocycles. The summed E-state index contributed by atoms with van der Waals surface area (Å²) >= 11 is 0. The minimum absolute atomic E-state index is 0.0288. The van der Waals surface area contributed by atoms with E-state index in [1.54, 1.807) is 0 Å². The number of nitrogens with zero attached hydrogens (tertiary/aromatic N) is 2. The molecule has 1 aromatic heterocycles. The lowest BCUT2D eigenvalue weighted by Crippen LogP contribution is -2.09. The largest absolute Gasteiger partial charge is 0.487 e. The summed E-state index contributed by atoms with van der Waals surface area (Å²) < 4.78 is 8.22. The number of nitrogens with two attached hydrogens (primary N) is 1. The molecule has 0 saturated heterocycles. The van der Waals surface area contributed by atoms with Gasteiger partial charge < -0.3 is 15.0 Å². The molecule has 0 unspecified atom stereocenters. The minimum Gasteiger partial charge on any atom is -0.487 e. The maximum Gasteiger partial charge on any atom is 0.130 e. The van der Waals surface area contributed by atoms with Gasteiger partial charge in [0.1, 0.15) is 12.4 Å². The summed E-state index contributed by atoms with van der Waals surface area (Å²) in [6, 6.07) is 6.77. The highest BCUT2D eigenvalue weighted by Crippen LogP contribution is 2.36. The van der Waals surface area contributed by atoms with Crippen LogP contribution in [0.25, 0.3) is 0 Å². The van der Waals surface area contributed by atoms with Gasteiger partial charge in [0.25, 0.3) is 0 Å². The van der Waals surface area contributed by atoms with Crippen molar-refractivity contribution in [1.29, 1.82) is 0 Å². The molecular weight excluding hydrogens is 250 g/mol. The van der Waals surface area contributed by atoms with E-state index in [-0.39, 0.29) is 6.04 Å². The third-order valence-corrected chi connectivity index (χ3v) is 3.72. The minimum atomic E-state index is -0.0288. The number of hydrogen-bond acceptors (Lipinski definition) is 3. The molecule has 4 heteroatoms. The molecule has 1 atom stereocenters. The molecule has 4 nitrogen and oxygen atoms in total. The average Bonchev–Trinajstić information content (AvgIpc) is 3.15. The maximum atomic E-state index is 6.00. The fourth-order valence-electron chi connectivity index (χ4n) is 2.42. The summed E-state index contributed by atoms with van der Waals surface area (Å²) in [4.78, 5) is 4.23. The molecule has 106 valence electrons. The molecule has 1 aliphatic rings. The van der Waals surface area contributed by atoms with Gasteiger partial charge in [0.15, 0.2) is 0 Å². The Balaban J connectivity index is 1.77. The van der Waals surface area contributed by atoms with Crippen LogP contribution in [0.4, 0.5) is 0 Å². The number of aromatic nitrogens is 2. The third kappa shape index (κ3) is 2.70. The molecule has 3 rings (SSSR count). The van der Waals surface area contributed by atoms with Crippen molar-refractivity contribution in [2.75, 3.05) is 0 Å². The van der Waals surface area contributed by atoms with Crippen molar-refractivity contribution in [3.8, 4) is 5.75 Å². The summed E-state index contributed by atoms with van der Waals surface area (Å²) in [5.74, 6) is 0.878. The second-order valence-corrected chi connectivity index (χ2v) is 5.64. The zero-order valence-corrected chi connectivity index (χ0v) is 12.0. The average molecular weight is 271 g/mol. The Hall–Kier alpha value is -1.81. The fourth-order valence-corrected chi connectivity index (χ4v) is 2.42. The molecule has 0 aliphatic heterocycles. The third-order valence-electron chi connectivity index (χ3n) is 3.72. The summed E-state index contributed by atoms with van der Waals surface area (Å²) in [6.07, 6.45) is 6.29. The van der Waals surface area contributed by atoms with Crippen LogP contribution in [0.15, 0.2) is 30.7 Å². The van der Waals surface area contributed by atoms with Gasteiger partial charge in [-0.15, -0.1) is 0 Å². The molecule has 0 amide bonds. The van der Waals surface area contributed by atoms with Crippen molar-refractivity contribution in [3.63, 3.8) is 0 Å². The van der Waals surface area contributed by atoms with Gasteiger partial charge in [-0.25, -0.2) is 4.98 Å². The highest BCUT2D eigenvalue weighted by molar-refractivity contribution is 5.39. The van der Waals surface area contributed by atoms with Gasteiger partial charge in [-0.1, -0.05) is 12.1 Å². The molecular formula is C16H21N3O. The maximum absolute atomic E-state index is 6.00. The molecule has 0 radical (unpaired) electrons. The van der Waals surface area contributed by atoms with E-state index < -0.39 is 0 Å². The first-order chi connectivity index (χ1) is 9.65. The summed E-state index contributed by atoms with van der Waals surface area (Å²) in [5, 5.41) is 0. The molecule has 0 bridgehead atoms. The molecule has 1 fully saturated rings. The first-order valence-electron chi connectivity index (χ1n) is 7.15. The monoisotopic (exact) mass is 271 g/mol. The lowest BCUT2D eigenvalue weighted by Gasteiger charge is -2.15. The highest BCUT2D eigenvalue weighted by Gasteiger charge is 2.25. The van der Waals surface area contributed by atoms with E-state index >= 15 is 0 Å². The molecule has 1 saturated carbocycles. The molecule has 20 heavy (non-hydrogen) atoms. The Bertz CT molecular complexity index is 600. The van der Waals surface area contributed by atoms with Gasteiger partial charge in [-0.3, -0.25) is 0 Å². The van der Waals surface area contributed by atoms with Crippen LogP contribution < -0.4 is 10.5 Å².